The van der Waals surface area contributed by atoms with Crippen molar-refractivity contribution in [2.24, 2.45) is 0 Å². The van der Waals surface area contributed by atoms with E-state index in [1.807, 2.05) is 23.5 Å². The maximum atomic E-state index is 6.27. The molecule has 1 atom stereocenters. The van der Waals surface area contributed by atoms with Crippen LogP contribution in [-0.2, 0) is 12.3 Å². The molecule has 0 saturated carbocycles. The average Bonchev–Trinajstić information content (AvgIpc) is 2.88. The zero-order chi connectivity index (χ0) is 13.4. The minimum atomic E-state index is 0.410. The van der Waals surface area contributed by atoms with E-state index < -0.39 is 0 Å². The molecule has 2 aromatic rings. The van der Waals surface area contributed by atoms with Crippen LogP contribution in [0.4, 0.5) is 5.69 Å². The molecule has 1 nitrogen and oxygen atoms in total. The number of fused-ring (bicyclic) bond motifs is 1. The minimum Gasteiger partial charge on any atom is -0.364 e. The van der Waals surface area contributed by atoms with Crippen LogP contribution >= 0.6 is 34.5 Å². The number of hydrogen-bond donors (Lipinski definition) is 0. The molecule has 0 aliphatic carbocycles. The predicted octanol–water partition coefficient (Wildman–Crippen LogP) is 5.26. The number of benzene rings is 1. The SMILES string of the molecule is CC1c2ccsc2CCN1c1ccc(CCl)c(Cl)c1. The van der Waals surface area contributed by atoms with Gasteiger partial charge in [-0.1, -0.05) is 17.7 Å². The van der Waals surface area contributed by atoms with Gasteiger partial charge in [0.15, 0.2) is 0 Å². The summed E-state index contributed by atoms with van der Waals surface area (Å²) in [4.78, 5) is 3.94. The Morgan fingerprint density at radius 1 is 1.37 bits per heavy atom. The standard InChI is InChI=1S/C15H15Cl2NS/c1-10-13-5-7-19-15(13)4-6-18(10)12-3-2-11(9-16)14(17)8-12/h2-3,5,7-8,10H,4,6,9H2,1H3. The average molecular weight is 312 g/mol. The van der Waals surface area contributed by atoms with Crippen molar-refractivity contribution in [1.82, 2.24) is 0 Å². The molecular formula is C15H15Cl2NS. The zero-order valence-electron chi connectivity index (χ0n) is 10.7. The predicted molar refractivity (Wildman–Crippen MR) is 84.8 cm³/mol. The molecule has 0 bridgehead atoms. The minimum absolute atomic E-state index is 0.410. The summed E-state index contributed by atoms with van der Waals surface area (Å²) in [6.45, 7) is 3.30. The number of hydrogen-bond acceptors (Lipinski definition) is 2. The lowest BCUT2D eigenvalue weighted by Gasteiger charge is -2.35. The Hall–Kier alpha value is -0.700. The topological polar surface area (TPSA) is 3.24 Å². The van der Waals surface area contributed by atoms with Gasteiger partial charge >= 0.3 is 0 Å². The molecule has 1 aromatic carbocycles. The van der Waals surface area contributed by atoms with Crippen LogP contribution in [0.2, 0.25) is 5.02 Å². The van der Waals surface area contributed by atoms with Gasteiger partial charge in [0.2, 0.25) is 0 Å². The summed E-state index contributed by atoms with van der Waals surface area (Å²) in [7, 11) is 0. The van der Waals surface area contributed by atoms with E-state index in [4.69, 9.17) is 23.2 Å². The highest BCUT2D eigenvalue weighted by Crippen LogP contribution is 2.37. The first-order chi connectivity index (χ1) is 9.20. The molecule has 0 amide bonds. The first-order valence-corrected chi connectivity index (χ1v) is 8.17. The van der Waals surface area contributed by atoms with Crippen molar-refractivity contribution in [2.75, 3.05) is 11.4 Å². The molecular weight excluding hydrogens is 297 g/mol. The molecule has 0 N–H and O–H groups in total. The van der Waals surface area contributed by atoms with Crippen LogP contribution < -0.4 is 4.90 Å². The van der Waals surface area contributed by atoms with Crippen LogP contribution in [-0.4, -0.2) is 6.54 Å². The Labute approximate surface area is 127 Å². The van der Waals surface area contributed by atoms with Crippen LogP contribution in [0.3, 0.4) is 0 Å². The van der Waals surface area contributed by atoms with E-state index in [-0.39, 0.29) is 0 Å². The van der Waals surface area contributed by atoms with Crippen LogP contribution in [0.1, 0.15) is 29.0 Å². The highest BCUT2D eigenvalue weighted by molar-refractivity contribution is 7.10. The first kappa shape index (κ1) is 13.3. The highest BCUT2D eigenvalue weighted by atomic mass is 35.5. The second-order valence-corrected chi connectivity index (χ2v) is 6.50. The van der Waals surface area contributed by atoms with Crippen molar-refractivity contribution in [3.8, 4) is 0 Å². The molecule has 0 spiro atoms. The number of thiophene rings is 1. The summed E-state index contributed by atoms with van der Waals surface area (Å²) in [5.41, 5.74) is 3.63. The van der Waals surface area contributed by atoms with Crippen LogP contribution in [0, 0.1) is 0 Å². The third kappa shape index (κ3) is 2.37. The summed E-state index contributed by atoms with van der Waals surface area (Å²) < 4.78 is 0. The van der Waals surface area contributed by atoms with E-state index in [1.54, 1.807) is 0 Å². The molecule has 1 unspecified atom stereocenters. The third-order valence-electron chi connectivity index (χ3n) is 3.79. The maximum absolute atomic E-state index is 6.27. The second-order valence-electron chi connectivity index (χ2n) is 4.83. The fourth-order valence-electron chi connectivity index (χ4n) is 2.69. The molecule has 2 heterocycles. The van der Waals surface area contributed by atoms with Crippen LogP contribution in [0.5, 0.6) is 0 Å². The maximum Gasteiger partial charge on any atom is 0.0525 e. The summed E-state index contributed by atoms with van der Waals surface area (Å²) in [5.74, 6) is 0.462. The summed E-state index contributed by atoms with van der Waals surface area (Å²) in [6.07, 6.45) is 1.12. The second kappa shape index (κ2) is 5.35. The number of anilines is 1. The van der Waals surface area contributed by atoms with Gasteiger partial charge in [0.25, 0.3) is 0 Å². The molecule has 0 saturated heterocycles. The molecule has 100 valence electrons. The quantitative estimate of drug-likeness (QED) is 0.683. The van der Waals surface area contributed by atoms with Crippen molar-refractivity contribution >= 4 is 40.2 Å². The first-order valence-electron chi connectivity index (χ1n) is 6.38. The van der Waals surface area contributed by atoms with Crippen molar-refractivity contribution in [3.63, 3.8) is 0 Å². The monoisotopic (exact) mass is 311 g/mol. The van der Waals surface area contributed by atoms with Gasteiger partial charge in [-0.2, -0.15) is 0 Å². The lowest BCUT2D eigenvalue weighted by molar-refractivity contribution is 0.633. The van der Waals surface area contributed by atoms with Gasteiger partial charge in [-0.25, -0.2) is 0 Å². The number of halogens is 2. The summed E-state index contributed by atoms with van der Waals surface area (Å²) >= 11 is 14.0. The summed E-state index contributed by atoms with van der Waals surface area (Å²) in [6, 6.07) is 8.84. The Morgan fingerprint density at radius 3 is 2.95 bits per heavy atom. The smallest absolute Gasteiger partial charge is 0.0525 e. The van der Waals surface area contributed by atoms with E-state index in [0.29, 0.717) is 11.9 Å². The number of alkyl halides is 1. The Balaban J connectivity index is 1.93. The lowest BCUT2D eigenvalue weighted by atomic mass is 10.0. The molecule has 0 radical (unpaired) electrons. The molecule has 1 aromatic heterocycles. The van der Waals surface area contributed by atoms with Gasteiger partial charge < -0.3 is 4.90 Å². The largest absolute Gasteiger partial charge is 0.364 e. The fraction of sp³-hybridized carbons (Fsp3) is 0.333. The lowest BCUT2D eigenvalue weighted by Crippen LogP contribution is -2.33. The zero-order valence-corrected chi connectivity index (χ0v) is 13.0. The fourth-order valence-corrected chi connectivity index (χ4v) is 4.19. The van der Waals surface area contributed by atoms with Gasteiger partial charge in [0, 0.05) is 28.0 Å². The van der Waals surface area contributed by atoms with Crippen molar-refractivity contribution in [2.45, 2.75) is 25.3 Å². The van der Waals surface area contributed by atoms with E-state index >= 15 is 0 Å². The van der Waals surface area contributed by atoms with Gasteiger partial charge in [0.05, 0.1) is 6.04 Å². The Bertz CT molecular complexity index is 594. The van der Waals surface area contributed by atoms with Gasteiger partial charge in [0.1, 0.15) is 0 Å². The van der Waals surface area contributed by atoms with E-state index in [0.717, 1.165) is 23.6 Å². The van der Waals surface area contributed by atoms with E-state index in [9.17, 15) is 0 Å². The molecule has 4 heteroatoms. The van der Waals surface area contributed by atoms with Gasteiger partial charge in [-0.15, -0.1) is 22.9 Å². The number of nitrogens with zero attached hydrogens (tertiary/aromatic N) is 1. The molecule has 0 fully saturated rings. The van der Waals surface area contributed by atoms with E-state index in [2.05, 4.69) is 29.3 Å². The summed E-state index contributed by atoms with van der Waals surface area (Å²) in [5, 5.41) is 2.95. The van der Waals surface area contributed by atoms with E-state index in [1.165, 1.54) is 16.1 Å². The van der Waals surface area contributed by atoms with Crippen LogP contribution in [0.25, 0.3) is 0 Å². The molecule has 1 aliphatic heterocycles. The van der Waals surface area contributed by atoms with Crippen molar-refractivity contribution in [1.29, 1.82) is 0 Å². The van der Waals surface area contributed by atoms with Crippen molar-refractivity contribution in [3.05, 3.63) is 50.7 Å². The Morgan fingerprint density at radius 2 is 2.21 bits per heavy atom. The van der Waals surface area contributed by atoms with Crippen molar-refractivity contribution < 1.29 is 0 Å². The van der Waals surface area contributed by atoms with Crippen LogP contribution in [0.15, 0.2) is 29.6 Å². The van der Waals surface area contributed by atoms with Gasteiger partial charge in [-0.05, 0) is 48.1 Å². The number of rotatable bonds is 2. The Kier molecular flexibility index (Phi) is 3.75. The van der Waals surface area contributed by atoms with Gasteiger partial charge in [-0.3, -0.25) is 0 Å². The molecule has 3 rings (SSSR count). The normalized spacial score (nSPS) is 18.5. The highest BCUT2D eigenvalue weighted by Gasteiger charge is 2.25. The third-order valence-corrected chi connectivity index (χ3v) is 5.43. The molecule has 19 heavy (non-hydrogen) atoms. The molecule has 1 aliphatic rings.